The van der Waals surface area contributed by atoms with Gasteiger partial charge in [0.2, 0.25) is 0 Å². The minimum Gasteiger partial charge on any atom is -0.256 e. The molecule has 2 heteroatoms. The SMILES string of the molecule is CCC(C)c1ccc2c(-c3cc(C)cc(C)c3)nccc2c1Br. The van der Waals surface area contributed by atoms with Crippen LogP contribution in [0.3, 0.4) is 0 Å². The van der Waals surface area contributed by atoms with Crippen molar-refractivity contribution < 1.29 is 0 Å². The molecular formula is C21H22BrN. The highest BCUT2D eigenvalue weighted by Crippen LogP contribution is 2.37. The number of benzene rings is 2. The molecule has 0 radical (unpaired) electrons. The minimum absolute atomic E-state index is 0.548. The third-order valence-electron chi connectivity index (χ3n) is 4.55. The predicted molar refractivity (Wildman–Crippen MR) is 103 cm³/mol. The van der Waals surface area contributed by atoms with Gasteiger partial charge in [-0.25, -0.2) is 0 Å². The molecule has 1 heterocycles. The van der Waals surface area contributed by atoms with E-state index in [0.29, 0.717) is 5.92 Å². The van der Waals surface area contributed by atoms with E-state index in [1.165, 1.54) is 37.5 Å². The maximum absolute atomic E-state index is 4.67. The van der Waals surface area contributed by atoms with Crippen molar-refractivity contribution >= 4 is 26.7 Å². The van der Waals surface area contributed by atoms with Crippen LogP contribution in [-0.2, 0) is 0 Å². The van der Waals surface area contributed by atoms with E-state index < -0.39 is 0 Å². The average Bonchev–Trinajstić information content (AvgIpc) is 2.53. The summed E-state index contributed by atoms with van der Waals surface area (Å²) >= 11 is 3.83. The van der Waals surface area contributed by atoms with Gasteiger partial charge in [0.25, 0.3) is 0 Å². The molecule has 1 atom stereocenters. The number of fused-ring (bicyclic) bond motifs is 1. The largest absolute Gasteiger partial charge is 0.256 e. The molecule has 3 rings (SSSR count). The third-order valence-corrected chi connectivity index (χ3v) is 5.43. The van der Waals surface area contributed by atoms with Gasteiger partial charge in [-0.15, -0.1) is 0 Å². The summed E-state index contributed by atoms with van der Waals surface area (Å²) < 4.78 is 1.21. The van der Waals surface area contributed by atoms with Crippen LogP contribution in [0.1, 0.15) is 42.9 Å². The first-order valence-corrected chi connectivity index (χ1v) is 8.96. The Bertz CT molecular complexity index is 847. The summed E-state index contributed by atoms with van der Waals surface area (Å²) in [6.45, 7) is 8.78. The lowest BCUT2D eigenvalue weighted by atomic mass is 9.94. The van der Waals surface area contributed by atoms with Crippen LogP contribution in [0.4, 0.5) is 0 Å². The summed E-state index contributed by atoms with van der Waals surface area (Å²) in [5.74, 6) is 0.548. The molecular weight excluding hydrogens is 346 g/mol. The maximum atomic E-state index is 4.67. The lowest BCUT2D eigenvalue weighted by Gasteiger charge is -2.15. The Morgan fingerprint density at radius 3 is 2.35 bits per heavy atom. The fourth-order valence-electron chi connectivity index (χ4n) is 3.18. The van der Waals surface area contributed by atoms with Crippen LogP contribution in [0.15, 0.2) is 47.1 Å². The molecule has 23 heavy (non-hydrogen) atoms. The third kappa shape index (κ3) is 3.05. The summed E-state index contributed by atoms with van der Waals surface area (Å²) in [6.07, 6.45) is 3.06. The number of rotatable bonds is 3. The maximum Gasteiger partial charge on any atom is 0.0780 e. The highest BCUT2D eigenvalue weighted by atomic mass is 79.9. The summed E-state index contributed by atoms with van der Waals surface area (Å²) in [6, 6.07) is 13.2. The molecule has 1 unspecified atom stereocenters. The van der Waals surface area contributed by atoms with Crippen LogP contribution < -0.4 is 0 Å². The molecule has 2 aromatic carbocycles. The second-order valence-electron chi connectivity index (χ2n) is 6.41. The Morgan fingerprint density at radius 1 is 1.00 bits per heavy atom. The van der Waals surface area contributed by atoms with Gasteiger partial charge in [0.1, 0.15) is 0 Å². The first kappa shape index (κ1) is 16.2. The Labute approximate surface area is 146 Å². The molecule has 0 amide bonds. The first-order chi connectivity index (χ1) is 11.0. The Hall–Kier alpha value is -1.67. The van der Waals surface area contributed by atoms with Crippen LogP contribution in [0.5, 0.6) is 0 Å². The molecule has 0 saturated heterocycles. The van der Waals surface area contributed by atoms with E-state index in [1.807, 2.05) is 6.20 Å². The summed E-state index contributed by atoms with van der Waals surface area (Å²) in [5, 5.41) is 2.45. The highest BCUT2D eigenvalue weighted by Gasteiger charge is 2.13. The van der Waals surface area contributed by atoms with Gasteiger partial charge in [0.15, 0.2) is 0 Å². The molecule has 118 valence electrons. The van der Waals surface area contributed by atoms with Crippen molar-refractivity contribution in [1.82, 2.24) is 4.98 Å². The molecule has 0 bridgehead atoms. The fourth-order valence-corrected chi connectivity index (χ4v) is 4.05. The van der Waals surface area contributed by atoms with E-state index in [-0.39, 0.29) is 0 Å². The number of halogens is 1. The topological polar surface area (TPSA) is 12.9 Å². The van der Waals surface area contributed by atoms with Gasteiger partial charge in [0.05, 0.1) is 5.69 Å². The number of aryl methyl sites for hydroxylation is 2. The normalized spacial score (nSPS) is 12.6. The van der Waals surface area contributed by atoms with Crippen LogP contribution >= 0.6 is 15.9 Å². The number of hydrogen-bond donors (Lipinski definition) is 0. The van der Waals surface area contributed by atoms with Gasteiger partial charge in [0, 0.05) is 21.6 Å². The molecule has 0 fully saturated rings. The predicted octanol–water partition coefficient (Wildman–Crippen LogP) is 6.79. The van der Waals surface area contributed by atoms with E-state index in [1.54, 1.807) is 0 Å². The van der Waals surface area contributed by atoms with Gasteiger partial charge in [-0.05, 0) is 71.3 Å². The van der Waals surface area contributed by atoms with Crippen molar-refractivity contribution in [2.75, 3.05) is 0 Å². The molecule has 0 aliphatic rings. The van der Waals surface area contributed by atoms with Crippen molar-refractivity contribution in [2.45, 2.75) is 40.0 Å². The van der Waals surface area contributed by atoms with Crippen LogP contribution in [0.2, 0.25) is 0 Å². The summed E-state index contributed by atoms with van der Waals surface area (Å²) in [7, 11) is 0. The molecule has 1 aromatic heterocycles. The molecule has 0 N–H and O–H groups in total. The van der Waals surface area contributed by atoms with Crippen molar-refractivity contribution in [1.29, 1.82) is 0 Å². The molecule has 0 spiro atoms. The van der Waals surface area contributed by atoms with Crippen molar-refractivity contribution in [3.63, 3.8) is 0 Å². The van der Waals surface area contributed by atoms with E-state index >= 15 is 0 Å². The molecule has 1 nitrogen and oxygen atoms in total. The van der Waals surface area contributed by atoms with Gasteiger partial charge < -0.3 is 0 Å². The Balaban J connectivity index is 2.26. The zero-order chi connectivity index (χ0) is 16.6. The quantitative estimate of drug-likeness (QED) is 0.496. The van der Waals surface area contributed by atoms with Gasteiger partial charge in [-0.2, -0.15) is 0 Å². The minimum atomic E-state index is 0.548. The highest BCUT2D eigenvalue weighted by molar-refractivity contribution is 9.10. The number of aromatic nitrogens is 1. The molecule has 0 aliphatic heterocycles. The van der Waals surface area contributed by atoms with E-state index in [9.17, 15) is 0 Å². The summed E-state index contributed by atoms with van der Waals surface area (Å²) in [4.78, 5) is 4.67. The molecule has 0 aliphatic carbocycles. The van der Waals surface area contributed by atoms with E-state index in [0.717, 1.165) is 12.1 Å². The number of hydrogen-bond acceptors (Lipinski definition) is 1. The van der Waals surface area contributed by atoms with Crippen molar-refractivity contribution in [2.24, 2.45) is 0 Å². The van der Waals surface area contributed by atoms with E-state index in [2.05, 4.69) is 85.0 Å². The van der Waals surface area contributed by atoms with Gasteiger partial charge in [-0.3, -0.25) is 4.98 Å². The first-order valence-electron chi connectivity index (χ1n) is 8.17. The molecule has 0 saturated carbocycles. The zero-order valence-electron chi connectivity index (χ0n) is 14.2. The summed E-state index contributed by atoms with van der Waals surface area (Å²) in [5.41, 5.74) is 6.17. The fraction of sp³-hybridized carbons (Fsp3) is 0.286. The van der Waals surface area contributed by atoms with Gasteiger partial charge >= 0.3 is 0 Å². The number of pyridine rings is 1. The average molecular weight is 368 g/mol. The smallest absolute Gasteiger partial charge is 0.0780 e. The van der Waals surface area contributed by atoms with Crippen molar-refractivity contribution in [3.8, 4) is 11.3 Å². The monoisotopic (exact) mass is 367 g/mol. The van der Waals surface area contributed by atoms with Crippen LogP contribution in [-0.4, -0.2) is 4.98 Å². The number of nitrogens with zero attached hydrogens (tertiary/aromatic N) is 1. The van der Waals surface area contributed by atoms with E-state index in [4.69, 9.17) is 0 Å². The Kier molecular flexibility index (Phi) is 4.54. The standard InChI is InChI=1S/C21H22BrN/c1-5-15(4)17-6-7-19-18(20(17)22)8-9-23-21(19)16-11-13(2)10-14(3)12-16/h6-12,15H,5H2,1-4H3. The van der Waals surface area contributed by atoms with Crippen molar-refractivity contribution in [3.05, 3.63) is 63.8 Å². The lowest BCUT2D eigenvalue weighted by Crippen LogP contribution is -1.95. The van der Waals surface area contributed by atoms with Crippen LogP contribution in [0.25, 0.3) is 22.0 Å². The second kappa shape index (κ2) is 6.45. The zero-order valence-corrected chi connectivity index (χ0v) is 15.7. The lowest BCUT2D eigenvalue weighted by molar-refractivity contribution is 0.731. The Morgan fingerprint density at radius 2 is 1.70 bits per heavy atom. The molecule has 3 aromatic rings. The van der Waals surface area contributed by atoms with Crippen LogP contribution in [0, 0.1) is 13.8 Å². The second-order valence-corrected chi connectivity index (χ2v) is 7.20. The van der Waals surface area contributed by atoms with Gasteiger partial charge in [-0.1, -0.05) is 43.2 Å².